The van der Waals surface area contributed by atoms with Crippen LogP contribution >= 0.6 is 0 Å². The van der Waals surface area contributed by atoms with Crippen molar-refractivity contribution in [3.05, 3.63) is 53.5 Å². The predicted molar refractivity (Wildman–Crippen MR) is 85.3 cm³/mol. The van der Waals surface area contributed by atoms with Gasteiger partial charge in [0.15, 0.2) is 5.76 Å². The average molecular weight is 296 g/mol. The van der Waals surface area contributed by atoms with Gasteiger partial charge in [0.2, 0.25) is 0 Å². The summed E-state index contributed by atoms with van der Waals surface area (Å²) in [6, 6.07) is 9.93. The highest BCUT2D eigenvalue weighted by Crippen LogP contribution is 2.46. The van der Waals surface area contributed by atoms with Crippen LogP contribution in [0.3, 0.4) is 0 Å². The van der Waals surface area contributed by atoms with Gasteiger partial charge in [-0.1, -0.05) is 17.7 Å². The summed E-state index contributed by atoms with van der Waals surface area (Å²) in [6.07, 6.45) is 3.70. The fourth-order valence-corrected chi connectivity index (χ4v) is 3.83. The third kappa shape index (κ3) is 1.98. The molecule has 4 heteroatoms. The molecule has 4 rings (SSSR count). The van der Waals surface area contributed by atoms with Gasteiger partial charge >= 0.3 is 0 Å². The molecule has 1 aromatic heterocycles. The van der Waals surface area contributed by atoms with Crippen molar-refractivity contribution in [1.29, 1.82) is 0 Å². The molecule has 22 heavy (non-hydrogen) atoms. The van der Waals surface area contributed by atoms with E-state index in [2.05, 4.69) is 30.4 Å². The largest absolute Gasteiger partial charge is 0.459 e. The van der Waals surface area contributed by atoms with Gasteiger partial charge in [-0.15, -0.1) is 0 Å². The Hall–Kier alpha value is -2.07. The van der Waals surface area contributed by atoms with E-state index >= 15 is 0 Å². The normalized spacial score (nSPS) is 19.4. The Balaban J connectivity index is 1.78. The second-order valence-electron chi connectivity index (χ2n) is 6.42. The van der Waals surface area contributed by atoms with Gasteiger partial charge in [-0.2, -0.15) is 0 Å². The molecular formula is C18H20N2O2. The van der Waals surface area contributed by atoms with E-state index in [1.807, 2.05) is 4.90 Å². The number of anilines is 1. The maximum atomic E-state index is 12.8. The van der Waals surface area contributed by atoms with Gasteiger partial charge in [0.05, 0.1) is 6.26 Å². The van der Waals surface area contributed by atoms with Crippen LogP contribution in [0.2, 0.25) is 0 Å². The SMILES string of the molecule is Cc1ccc2c(c1)C1(CCNCC1)CN2C(=O)c1ccco1. The second kappa shape index (κ2) is 4.99. The second-order valence-corrected chi connectivity index (χ2v) is 6.42. The van der Waals surface area contributed by atoms with Crippen LogP contribution in [0.1, 0.15) is 34.5 Å². The van der Waals surface area contributed by atoms with Gasteiger partial charge < -0.3 is 14.6 Å². The van der Waals surface area contributed by atoms with E-state index < -0.39 is 0 Å². The van der Waals surface area contributed by atoms with Crippen LogP contribution in [0.5, 0.6) is 0 Å². The molecule has 1 aromatic carbocycles. The first-order chi connectivity index (χ1) is 10.7. The van der Waals surface area contributed by atoms with Gasteiger partial charge in [0, 0.05) is 17.6 Å². The lowest BCUT2D eigenvalue weighted by molar-refractivity contribution is 0.0956. The average Bonchev–Trinajstić information content (AvgIpc) is 3.16. The van der Waals surface area contributed by atoms with Gasteiger partial charge in [-0.05, 0) is 56.6 Å². The standard InChI is InChI=1S/C18H20N2O2/c1-13-4-5-15-14(11-13)18(6-8-19-9-7-18)12-20(15)17(21)16-3-2-10-22-16/h2-5,10-11,19H,6-9,12H2,1H3. The quantitative estimate of drug-likeness (QED) is 0.880. The van der Waals surface area contributed by atoms with Crippen molar-refractivity contribution in [2.24, 2.45) is 0 Å². The Morgan fingerprint density at radius 1 is 1.27 bits per heavy atom. The summed E-state index contributed by atoms with van der Waals surface area (Å²) in [5.41, 5.74) is 3.72. The minimum atomic E-state index is -0.0366. The van der Waals surface area contributed by atoms with Crippen molar-refractivity contribution < 1.29 is 9.21 Å². The first-order valence-corrected chi connectivity index (χ1v) is 7.87. The van der Waals surface area contributed by atoms with E-state index in [0.29, 0.717) is 5.76 Å². The fourth-order valence-electron chi connectivity index (χ4n) is 3.83. The number of carbonyl (C=O) groups is 1. The van der Waals surface area contributed by atoms with Crippen LogP contribution in [0.25, 0.3) is 0 Å². The Bertz CT molecular complexity index is 700. The van der Waals surface area contributed by atoms with Crippen LogP contribution < -0.4 is 10.2 Å². The molecule has 0 bridgehead atoms. The van der Waals surface area contributed by atoms with Crippen molar-refractivity contribution in [2.45, 2.75) is 25.2 Å². The Labute approximate surface area is 130 Å². The maximum Gasteiger partial charge on any atom is 0.293 e. The first-order valence-electron chi connectivity index (χ1n) is 7.87. The number of benzene rings is 1. The van der Waals surface area contributed by atoms with Crippen LogP contribution in [0, 0.1) is 6.92 Å². The minimum absolute atomic E-state index is 0.0366. The summed E-state index contributed by atoms with van der Waals surface area (Å²) >= 11 is 0. The Morgan fingerprint density at radius 3 is 2.82 bits per heavy atom. The van der Waals surface area contributed by atoms with E-state index in [-0.39, 0.29) is 11.3 Å². The number of hydrogen-bond acceptors (Lipinski definition) is 3. The van der Waals surface area contributed by atoms with Gasteiger partial charge in [-0.25, -0.2) is 0 Å². The zero-order valence-electron chi connectivity index (χ0n) is 12.8. The number of nitrogens with zero attached hydrogens (tertiary/aromatic N) is 1. The monoisotopic (exact) mass is 296 g/mol. The summed E-state index contributed by atoms with van der Waals surface area (Å²) in [5.74, 6) is 0.378. The molecule has 2 aliphatic heterocycles. The molecule has 2 aromatic rings. The topological polar surface area (TPSA) is 45.5 Å². The molecule has 1 N–H and O–H groups in total. The number of amides is 1. The van der Waals surface area contributed by atoms with Crippen molar-refractivity contribution in [3.63, 3.8) is 0 Å². The summed E-state index contributed by atoms with van der Waals surface area (Å²) in [7, 11) is 0. The number of hydrogen-bond donors (Lipinski definition) is 1. The molecule has 1 amide bonds. The molecule has 0 aliphatic carbocycles. The van der Waals surface area contributed by atoms with E-state index in [0.717, 1.165) is 38.2 Å². The number of carbonyl (C=O) groups excluding carboxylic acids is 1. The van der Waals surface area contributed by atoms with Crippen molar-refractivity contribution in [1.82, 2.24) is 5.32 Å². The van der Waals surface area contributed by atoms with Crippen LogP contribution in [0.15, 0.2) is 41.0 Å². The zero-order valence-corrected chi connectivity index (χ0v) is 12.8. The first kappa shape index (κ1) is 13.6. The Kier molecular flexibility index (Phi) is 3.08. The molecule has 0 saturated carbocycles. The number of nitrogens with one attached hydrogen (secondary N) is 1. The highest BCUT2D eigenvalue weighted by atomic mass is 16.3. The number of rotatable bonds is 1. The van der Waals surface area contributed by atoms with E-state index in [4.69, 9.17) is 4.42 Å². The Morgan fingerprint density at radius 2 is 2.09 bits per heavy atom. The van der Waals surface area contributed by atoms with Crippen molar-refractivity contribution in [2.75, 3.05) is 24.5 Å². The highest BCUT2D eigenvalue weighted by Gasteiger charge is 2.45. The molecule has 0 atom stereocenters. The predicted octanol–water partition coefficient (Wildman–Crippen LogP) is 2.87. The molecule has 4 nitrogen and oxygen atoms in total. The molecule has 1 saturated heterocycles. The molecule has 2 aliphatic rings. The lowest BCUT2D eigenvalue weighted by atomic mass is 9.74. The number of piperidine rings is 1. The number of furan rings is 1. The molecule has 0 radical (unpaired) electrons. The van der Waals surface area contributed by atoms with Crippen LogP contribution in [0.4, 0.5) is 5.69 Å². The van der Waals surface area contributed by atoms with Crippen LogP contribution in [-0.4, -0.2) is 25.5 Å². The fraction of sp³-hybridized carbons (Fsp3) is 0.389. The summed E-state index contributed by atoms with van der Waals surface area (Å²) in [4.78, 5) is 14.7. The summed E-state index contributed by atoms with van der Waals surface area (Å²) in [5, 5.41) is 3.43. The molecule has 0 unspecified atom stereocenters. The van der Waals surface area contributed by atoms with Crippen molar-refractivity contribution in [3.8, 4) is 0 Å². The van der Waals surface area contributed by atoms with Gasteiger partial charge in [0.25, 0.3) is 5.91 Å². The summed E-state index contributed by atoms with van der Waals surface area (Å²) < 4.78 is 5.32. The molecular weight excluding hydrogens is 276 g/mol. The maximum absolute atomic E-state index is 12.8. The third-order valence-corrected chi connectivity index (χ3v) is 5.01. The summed E-state index contributed by atoms with van der Waals surface area (Å²) in [6.45, 7) is 4.89. The number of fused-ring (bicyclic) bond motifs is 2. The lowest BCUT2D eigenvalue weighted by Crippen LogP contribution is -2.44. The molecule has 1 spiro atoms. The molecule has 1 fully saturated rings. The van der Waals surface area contributed by atoms with E-state index in [1.54, 1.807) is 18.4 Å². The third-order valence-electron chi connectivity index (χ3n) is 5.01. The van der Waals surface area contributed by atoms with Crippen molar-refractivity contribution >= 4 is 11.6 Å². The number of aryl methyl sites for hydroxylation is 1. The van der Waals surface area contributed by atoms with Gasteiger partial charge in [-0.3, -0.25) is 4.79 Å². The zero-order chi connectivity index (χ0) is 15.2. The minimum Gasteiger partial charge on any atom is -0.459 e. The van der Waals surface area contributed by atoms with E-state index in [1.165, 1.54) is 11.1 Å². The molecule has 114 valence electrons. The van der Waals surface area contributed by atoms with Gasteiger partial charge in [0.1, 0.15) is 0 Å². The van der Waals surface area contributed by atoms with Crippen LogP contribution in [-0.2, 0) is 5.41 Å². The highest BCUT2D eigenvalue weighted by molar-refractivity contribution is 6.06. The lowest BCUT2D eigenvalue weighted by Gasteiger charge is -2.34. The molecule has 3 heterocycles. The van der Waals surface area contributed by atoms with E-state index in [9.17, 15) is 4.79 Å². The smallest absolute Gasteiger partial charge is 0.293 e.